The van der Waals surface area contributed by atoms with Crippen LogP contribution in [0.5, 0.6) is 0 Å². The second-order valence-corrected chi connectivity index (χ2v) is 6.29. The first-order chi connectivity index (χ1) is 10.6. The maximum atomic E-state index is 12.2. The van der Waals surface area contributed by atoms with E-state index in [4.69, 9.17) is 0 Å². The van der Waals surface area contributed by atoms with Crippen molar-refractivity contribution < 1.29 is 13.2 Å². The molecule has 0 amide bonds. The van der Waals surface area contributed by atoms with Gasteiger partial charge in [-0.3, -0.25) is 0 Å². The molecule has 3 heteroatoms. The average Bonchev–Trinajstić information content (AvgIpc) is 2.47. The normalized spacial score (nSPS) is 11.4. The molecule has 0 aliphatic rings. The van der Waals surface area contributed by atoms with Crippen LogP contribution in [0.25, 0.3) is 0 Å². The Kier molecular flexibility index (Phi) is 6.86. The Hall–Kier alpha value is -1.77. The molecule has 0 spiro atoms. The van der Waals surface area contributed by atoms with Crippen LogP contribution in [0.15, 0.2) is 48.5 Å². The molecule has 23 heavy (non-hydrogen) atoms. The fourth-order valence-electron chi connectivity index (χ4n) is 2.31. The lowest BCUT2D eigenvalue weighted by Crippen LogP contribution is -2.05. The number of halogens is 3. The average molecular weight is 322 g/mol. The lowest BCUT2D eigenvalue weighted by Gasteiger charge is -2.10. The van der Waals surface area contributed by atoms with Crippen LogP contribution < -0.4 is 0 Å². The third-order valence-electron chi connectivity index (χ3n) is 3.69. The van der Waals surface area contributed by atoms with E-state index in [0.29, 0.717) is 5.92 Å². The number of rotatable bonds is 2. The molecular weight excluding hydrogens is 297 g/mol. The summed E-state index contributed by atoms with van der Waals surface area (Å²) in [4.78, 5) is 0. The summed E-state index contributed by atoms with van der Waals surface area (Å²) in [5.74, 6) is 0.781. The van der Waals surface area contributed by atoms with Crippen molar-refractivity contribution in [3.8, 4) is 0 Å². The van der Waals surface area contributed by atoms with Crippen LogP contribution in [0.3, 0.4) is 0 Å². The second kappa shape index (κ2) is 8.19. The zero-order valence-electron chi connectivity index (χ0n) is 14.4. The zero-order chi connectivity index (χ0) is 17.6. The first-order valence-electron chi connectivity index (χ1n) is 7.85. The molecule has 0 nitrogen and oxygen atoms in total. The smallest absolute Gasteiger partial charge is 0.166 e. The van der Waals surface area contributed by atoms with Gasteiger partial charge in [0.25, 0.3) is 0 Å². The van der Waals surface area contributed by atoms with Crippen molar-refractivity contribution in [2.75, 3.05) is 0 Å². The van der Waals surface area contributed by atoms with Gasteiger partial charge in [0, 0.05) is 0 Å². The van der Waals surface area contributed by atoms with E-state index in [0.717, 1.165) is 11.6 Å². The third-order valence-corrected chi connectivity index (χ3v) is 3.69. The summed E-state index contributed by atoms with van der Waals surface area (Å²) in [6.45, 7) is 10.4. The van der Waals surface area contributed by atoms with Gasteiger partial charge in [-0.1, -0.05) is 70.2 Å². The van der Waals surface area contributed by atoms with Crippen molar-refractivity contribution in [1.82, 2.24) is 0 Å². The highest BCUT2D eigenvalue weighted by atomic mass is 19.4. The van der Waals surface area contributed by atoms with Crippen LogP contribution in [0.2, 0.25) is 0 Å². The van der Waals surface area contributed by atoms with E-state index in [1.54, 1.807) is 6.07 Å². The summed E-state index contributed by atoms with van der Waals surface area (Å²) in [6.07, 6.45) is -4.23. The highest BCUT2D eigenvalue weighted by Crippen LogP contribution is 2.30. The van der Waals surface area contributed by atoms with Gasteiger partial charge in [0.05, 0.1) is 5.56 Å². The molecular formula is C20H25F3. The van der Waals surface area contributed by atoms with E-state index in [1.165, 1.54) is 23.3 Å². The van der Waals surface area contributed by atoms with E-state index < -0.39 is 11.7 Å². The molecule has 0 aliphatic heterocycles. The predicted octanol–water partition coefficient (Wildman–Crippen LogP) is 6.95. The SMILES string of the molecule is CC(C)c1cccc(C(F)(F)F)c1.Cc1ccccc1C(C)C. The molecule has 0 saturated carbocycles. The lowest BCUT2D eigenvalue weighted by molar-refractivity contribution is -0.137. The van der Waals surface area contributed by atoms with Gasteiger partial charge in [-0.15, -0.1) is 0 Å². The van der Waals surface area contributed by atoms with Gasteiger partial charge >= 0.3 is 6.18 Å². The molecule has 0 radical (unpaired) electrons. The van der Waals surface area contributed by atoms with Crippen LogP contribution in [-0.2, 0) is 6.18 Å². The standard InChI is InChI=1S/C10H11F3.C10H14/c1-7(2)8-4-3-5-9(6-8)10(11,12)13;1-8(2)10-7-5-4-6-9(10)3/h3-7H,1-2H3;4-8H,1-3H3. The molecule has 0 N–H and O–H groups in total. The van der Waals surface area contributed by atoms with Crippen LogP contribution in [0, 0.1) is 6.92 Å². The van der Waals surface area contributed by atoms with Gasteiger partial charge in [-0.25, -0.2) is 0 Å². The minimum absolute atomic E-state index is 0.127. The molecule has 0 atom stereocenters. The lowest BCUT2D eigenvalue weighted by atomic mass is 9.99. The molecule has 0 bridgehead atoms. The molecule has 2 rings (SSSR count). The van der Waals surface area contributed by atoms with Gasteiger partial charge in [-0.2, -0.15) is 13.2 Å². The highest BCUT2D eigenvalue weighted by molar-refractivity contribution is 5.28. The monoisotopic (exact) mass is 322 g/mol. The Morgan fingerprint density at radius 3 is 1.83 bits per heavy atom. The number of aryl methyl sites for hydroxylation is 1. The first-order valence-corrected chi connectivity index (χ1v) is 7.85. The fourth-order valence-corrected chi connectivity index (χ4v) is 2.31. The van der Waals surface area contributed by atoms with E-state index in [-0.39, 0.29) is 5.92 Å². The minimum Gasteiger partial charge on any atom is -0.166 e. The van der Waals surface area contributed by atoms with Crippen LogP contribution in [-0.4, -0.2) is 0 Å². The van der Waals surface area contributed by atoms with Crippen molar-refractivity contribution >= 4 is 0 Å². The van der Waals surface area contributed by atoms with Crippen LogP contribution >= 0.6 is 0 Å². The van der Waals surface area contributed by atoms with Crippen LogP contribution in [0.1, 0.15) is 61.8 Å². The molecule has 0 aliphatic carbocycles. The van der Waals surface area contributed by atoms with E-state index >= 15 is 0 Å². The summed E-state index contributed by atoms with van der Waals surface area (Å²) in [7, 11) is 0. The number of hydrogen-bond donors (Lipinski definition) is 0. The van der Waals surface area contributed by atoms with E-state index in [1.807, 2.05) is 13.8 Å². The van der Waals surface area contributed by atoms with E-state index in [9.17, 15) is 13.2 Å². The minimum atomic E-state index is -4.23. The Balaban J connectivity index is 0.000000238. The molecule has 126 valence electrons. The third kappa shape index (κ3) is 6.09. The molecule has 0 unspecified atom stereocenters. The summed E-state index contributed by atoms with van der Waals surface area (Å²) in [5, 5.41) is 0. The van der Waals surface area contributed by atoms with Gasteiger partial charge in [0.15, 0.2) is 0 Å². The van der Waals surface area contributed by atoms with Crippen LogP contribution in [0.4, 0.5) is 13.2 Å². The molecule has 0 aromatic heterocycles. The van der Waals surface area contributed by atoms with Crippen molar-refractivity contribution in [3.63, 3.8) is 0 Å². The Bertz CT molecular complexity index is 610. The topological polar surface area (TPSA) is 0 Å². The number of benzene rings is 2. The number of alkyl halides is 3. The predicted molar refractivity (Wildman–Crippen MR) is 90.8 cm³/mol. The van der Waals surface area contributed by atoms with Gasteiger partial charge in [-0.05, 0) is 41.5 Å². The maximum absolute atomic E-state index is 12.2. The molecule has 0 heterocycles. The van der Waals surface area contributed by atoms with Crippen molar-refractivity contribution in [2.45, 2.75) is 52.6 Å². The molecule has 0 fully saturated rings. The van der Waals surface area contributed by atoms with E-state index in [2.05, 4.69) is 45.0 Å². The quantitative estimate of drug-likeness (QED) is 0.561. The maximum Gasteiger partial charge on any atom is 0.416 e. The molecule has 2 aromatic carbocycles. The Labute approximate surface area is 137 Å². The van der Waals surface area contributed by atoms with Crippen molar-refractivity contribution in [2.24, 2.45) is 0 Å². The highest BCUT2D eigenvalue weighted by Gasteiger charge is 2.30. The number of hydrogen-bond acceptors (Lipinski definition) is 0. The van der Waals surface area contributed by atoms with Gasteiger partial charge in [0.1, 0.15) is 0 Å². The van der Waals surface area contributed by atoms with Crippen molar-refractivity contribution in [1.29, 1.82) is 0 Å². The second-order valence-electron chi connectivity index (χ2n) is 6.29. The van der Waals surface area contributed by atoms with Gasteiger partial charge in [0.2, 0.25) is 0 Å². The summed E-state index contributed by atoms with van der Waals surface area (Å²) in [5.41, 5.74) is 3.01. The summed E-state index contributed by atoms with van der Waals surface area (Å²) in [6, 6.07) is 14.0. The molecule has 2 aromatic rings. The Morgan fingerprint density at radius 2 is 1.39 bits per heavy atom. The fraction of sp³-hybridized carbons (Fsp3) is 0.400. The zero-order valence-corrected chi connectivity index (χ0v) is 14.4. The Morgan fingerprint density at radius 1 is 0.783 bits per heavy atom. The summed E-state index contributed by atoms with van der Waals surface area (Å²) < 4.78 is 36.7. The summed E-state index contributed by atoms with van der Waals surface area (Å²) >= 11 is 0. The molecule has 0 saturated heterocycles. The first kappa shape index (κ1) is 19.3. The van der Waals surface area contributed by atoms with Crippen molar-refractivity contribution in [3.05, 3.63) is 70.8 Å². The van der Waals surface area contributed by atoms with Gasteiger partial charge < -0.3 is 0 Å². The largest absolute Gasteiger partial charge is 0.416 e.